The molecule has 3 rings (SSSR count). The lowest BCUT2D eigenvalue weighted by atomic mass is 10.0. The van der Waals surface area contributed by atoms with Crippen molar-refractivity contribution < 1.29 is 4.79 Å². The lowest BCUT2D eigenvalue weighted by molar-refractivity contribution is 0.0609. The SMILES string of the molecule is Cc1cccc(C(=O)N2CCCC(N3CCCC3)C2)c1N. The van der Waals surface area contributed by atoms with Crippen molar-refractivity contribution in [2.45, 2.75) is 38.6 Å². The van der Waals surface area contributed by atoms with Gasteiger partial charge in [0.1, 0.15) is 0 Å². The maximum absolute atomic E-state index is 12.8. The number of anilines is 1. The molecule has 0 aromatic heterocycles. The van der Waals surface area contributed by atoms with Gasteiger partial charge in [-0.2, -0.15) is 0 Å². The van der Waals surface area contributed by atoms with Crippen molar-refractivity contribution in [1.29, 1.82) is 0 Å². The lowest BCUT2D eigenvalue weighted by Gasteiger charge is -2.37. The van der Waals surface area contributed by atoms with Crippen LogP contribution in [-0.4, -0.2) is 47.9 Å². The number of rotatable bonds is 2. The minimum atomic E-state index is 0.0973. The van der Waals surface area contributed by atoms with Crippen LogP contribution in [0.25, 0.3) is 0 Å². The topological polar surface area (TPSA) is 49.6 Å². The number of piperidine rings is 1. The van der Waals surface area contributed by atoms with Crippen LogP contribution in [0, 0.1) is 6.92 Å². The third kappa shape index (κ3) is 2.91. The zero-order valence-corrected chi connectivity index (χ0v) is 12.8. The van der Waals surface area contributed by atoms with Gasteiger partial charge >= 0.3 is 0 Å². The molecule has 1 aromatic rings. The average molecular weight is 287 g/mol. The number of nitrogen functional groups attached to an aromatic ring is 1. The van der Waals surface area contributed by atoms with E-state index in [-0.39, 0.29) is 5.91 Å². The van der Waals surface area contributed by atoms with Gasteiger partial charge in [-0.1, -0.05) is 12.1 Å². The van der Waals surface area contributed by atoms with Crippen molar-refractivity contribution in [3.8, 4) is 0 Å². The minimum absolute atomic E-state index is 0.0973. The number of carbonyl (C=O) groups excluding carboxylic acids is 1. The van der Waals surface area contributed by atoms with Gasteiger partial charge in [0.2, 0.25) is 0 Å². The van der Waals surface area contributed by atoms with Crippen molar-refractivity contribution >= 4 is 11.6 Å². The highest BCUT2D eigenvalue weighted by Gasteiger charge is 2.30. The summed E-state index contributed by atoms with van der Waals surface area (Å²) in [5.74, 6) is 0.0973. The summed E-state index contributed by atoms with van der Waals surface area (Å²) in [6, 6.07) is 6.26. The van der Waals surface area contributed by atoms with Crippen molar-refractivity contribution in [1.82, 2.24) is 9.80 Å². The second-order valence-electron chi connectivity index (χ2n) is 6.33. The Labute approximate surface area is 126 Å². The van der Waals surface area contributed by atoms with Crippen molar-refractivity contribution in [2.75, 3.05) is 31.9 Å². The number of para-hydroxylation sites is 1. The van der Waals surface area contributed by atoms with E-state index in [1.807, 2.05) is 30.0 Å². The van der Waals surface area contributed by atoms with Crippen LogP contribution in [0.2, 0.25) is 0 Å². The highest BCUT2D eigenvalue weighted by molar-refractivity contribution is 5.99. The molecule has 114 valence electrons. The molecule has 2 N–H and O–H groups in total. The van der Waals surface area contributed by atoms with E-state index in [0.717, 1.165) is 25.1 Å². The summed E-state index contributed by atoms with van der Waals surface area (Å²) < 4.78 is 0. The fourth-order valence-electron chi connectivity index (χ4n) is 3.58. The molecule has 4 nitrogen and oxygen atoms in total. The molecule has 21 heavy (non-hydrogen) atoms. The molecule has 4 heteroatoms. The maximum atomic E-state index is 12.8. The number of likely N-dealkylation sites (tertiary alicyclic amines) is 2. The second kappa shape index (κ2) is 6.06. The Hall–Kier alpha value is -1.55. The second-order valence-corrected chi connectivity index (χ2v) is 6.33. The number of benzene rings is 1. The zero-order valence-electron chi connectivity index (χ0n) is 12.8. The van der Waals surface area contributed by atoms with E-state index in [4.69, 9.17) is 5.73 Å². The fourth-order valence-corrected chi connectivity index (χ4v) is 3.58. The van der Waals surface area contributed by atoms with Crippen molar-refractivity contribution in [3.63, 3.8) is 0 Å². The van der Waals surface area contributed by atoms with Gasteiger partial charge in [-0.05, 0) is 57.3 Å². The number of nitrogens with two attached hydrogens (primary N) is 1. The van der Waals surface area contributed by atoms with Gasteiger partial charge in [0, 0.05) is 24.8 Å². The quantitative estimate of drug-likeness (QED) is 0.849. The molecule has 1 amide bonds. The largest absolute Gasteiger partial charge is 0.398 e. The number of carbonyl (C=O) groups is 1. The van der Waals surface area contributed by atoms with E-state index < -0.39 is 0 Å². The Morgan fingerprint density at radius 1 is 1.19 bits per heavy atom. The van der Waals surface area contributed by atoms with E-state index in [2.05, 4.69) is 4.90 Å². The first-order valence-electron chi connectivity index (χ1n) is 8.05. The van der Waals surface area contributed by atoms with E-state index in [9.17, 15) is 4.79 Å². The molecular formula is C17H25N3O. The first-order valence-corrected chi connectivity index (χ1v) is 8.05. The van der Waals surface area contributed by atoms with Gasteiger partial charge in [-0.15, -0.1) is 0 Å². The van der Waals surface area contributed by atoms with Crippen LogP contribution in [0.15, 0.2) is 18.2 Å². The number of hydrogen-bond acceptors (Lipinski definition) is 3. The van der Waals surface area contributed by atoms with Gasteiger partial charge in [0.05, 0.1) is 5.56 Å². The first kappa shape index (κ1) is 14.4. The molecule has 1 atom stereocenters. The molecule has 2 saturated heterocycles. The summed E-state index contributed by atoms with van der Waals surface area (Å²) in [7, 11) is 0. The van der Waals surface area contributed by atoms with Gasteiger partial charge < -0.3 is 10.6 Å². The molecule has 2 aliphatic heterocycles. The van der Waals surface area contributed by atoms with Crippen LogP contribution in [0.3, 0.4) is 0 Å². The summed E-state index contributed by atoms with van der Waals surface area (Å²) in [5.41, 5.74) is 8.36. The molecular weight excluding hydrogens is 262 g/mol. The smallest absolute Gasteiger partial charge is 0.256 e. The molecule has 0 saturated carbocycles. The van der Waals surface area contributed by atoms with Crippen LogP contribution in [0.5, 0.6) is 0 Å². The maximum Gasteiger partial charge on any atom is 0.256 e. The molecule has 2 heterocycles. The van der Waals surface area contributed by atoms with E-state index in [0.29, 0.717) is 17.3 Å². The number of aryl methyl sites for hydroxylation is 1. The van der Waals surface area contributed by atoms with Crippen LogP contribution < -0.4 is 5.73 Å². The standard InChI is InChI=1S/C17H25N3O/c1-13-6-4-8-15(16(13)18)17(21)20-11-5-7-14(12-20)19-9-2-3-10-19/h4,6,8,14H,2-3,5,7,9-12,18H2,1H3. The van der Waals surface area contributed by atoms with E-state index in [1.165, 1.54) is 32.4 Å². The van der Waals surface area contributed by atoms with Gasteiger partial charge in [-0.3, -0.25) is 9.69 Å². The van der Waals surface area contributed by atoms with Gasteiger partial charge in [0.15, 0.2) is 0 Å². The number of amides is 1. The van der Waals surface area contributed by atoms with Gasteiger partial charge in [-0.25, -0.2) is 0 Å². The van der Waals surface area contributed by atoms with E-state index in [1.54, 1.807) is 0 Å². The first-order chi connectivity index (χ1) is 10.2. The fraction of sp³-hybridized carbons (Fsp3) is 0.588. The van der Waals surface area contributed by atoms with E-state index >= 15 is 0 Å². The Morgan fingerprint density at radius 2 is 1.95 bits per heavy atom. The molecule has 0 spiro atoms. The van der Waals surface area contributed by atoms with Crippen molar-refractivity contribution in [2.24, 2.45) is 0 Å². The lowest BCUT2D eigenvalue weighted by Crippen LogP contribution is -2.49. The number of hydrogen-bond donors (Lipinski definition) is 1. The van der Waals surface area contributed by atoms with Gasteiger partial charge in [0.25, 0.3) is 5.91 Å². The van der Waals surface area contributed by atoms with Crippen LogP contribution in [-0.2, 0) is 0 Å². The molecule has 0 radical (unpaired) electrons. The normalized spacial score (nSPS) is 23.5. The molecule has 1 unspecified atom stereocenters. The summed E-state index contributed by atoms with van der Waals surface area (Å²) in [6.07, 6.45) is 4.91. The Kier molecular flexibility index (Phi) is 4.15. The zero-order chi connectivity index (χ0) is 14.8. The third-order valence-electron chi connectivity index (χ3n) is 4.90. The summed E-state index contributed by atoms with van der Waals surface area (Å²) >= 11 is 0. The number of nitrogens with zero attached hydrogens (tertiary/aromatic N) is 2. The highest BCUT2D eigenvalue weighted by atomic mass is 16.2. The predicted molar refractivity (Wildman–Crippen MR) is 85.3 cm³/mol. The third-order valence-corrected chi connectivity index (χ3v) is 4.90. The predicted octanol–water partition coefficient (Wildman–Crippen LogP) is 2.28. The highest BCUT2D eigenvalue weighted by Crippen LogP contribution is 2.24. The Balaban J connectivity index is 1.73. The minimum Gasteiger partial charge on any atom is -0.398 e. The van der Waals surface area contributed by atoms with Crippen LogP contribution in [0.4, 0.5) is 5.69 Å². The molecule has 2 aliphatic rings. The summed E-state index contributed by atoms with van der Waals surface area (Å²) in [4.78, 5) is 17.3. The Morgan fingerprint density at radius 3 is 2.71 bits per heavy atom. The molecule has 0 bridgehead atoms. The average Bonchev–Trinajstić information content (AvgIpc) is 3.04. The summed E-state index contributed by atoms with van der Waals surface area (Å²) in [6.45, 7) is 6.05. The van der Waals surface area contributed by atoms with Crippen LogP contribution >= 0.6 is 0 Å². The molecule has 2 fully saturated rings. The monoisotopic (exact) mass is 287 g/mol. The van der Waals surface area contributed by atoms with Crippen LogP contribution in [0.1, 0.15) is 41.6 Å². The molecule has 1 aromatic carbocycles. The molecule has 0 aliphatic carbocycles. The van der Waals surface area contributed by atoms with Crippen molar-refractivity contribution in [3.05, 3.63) is 29.3 Å². The Bertz CT molecular complexity index is 523. The summed E-state index contributed by atoms with van der Waals surface area (Å²) in [5, 5.41) is 0.